The molecule has 0 saturated carbocycles. The van der Waals surface area contributed by atoms with E-state index < -0.39 is 5.97 Å². The van der Waals surface area contributed by atoms with Crippen molar-refractivity contribution >= 4 is 38.6 Å². The molecule has 1 atom stereocenters. The number of rotatable bonds is 6. The molecule has 30 heavy (non-hydrogen) atoms. The third-order valence-electron chi connectivity index (χ3n) is 5.02. The summed E-state index contributed by atoms with van der Waals surface area (Å²) in [5, 5.41) is 0.607. The zero-order chi connectivity index (χ0) is 21.1. The molecule has 4 rings (SSSR count). The highest BCUT2D eigenvalue weighted by Gasteiger charge is 2.27. The van der Waals surface area contributed by atoms with E-state index in [1.165, 1.54) is 18.4 Å². The van der Waals surface area contributed by atoms with Crippen molar-refractivity contribution in [3.8, 4) is 5.75 Å². The average molecular weight is 426 g/mol. The van der Waals surface area contributed by atoms with Crippen LogP contribution in [0.3, 0.4) is 0 Å². The molecule has 0 spiro atoms. The number of aromatic nitrogens is 1. The zero-order valence-electron chi connectivity index (χ0n) is 16.8. The first-order valence-corrected chi connectivity index (χ1v) is 10.5. The van der Waals surface area contributed by atoms with Gasteiger partial charge in [-0.15, -0.1) is 0 Å². The van der Waals surface area contributed by atoms with Crippen LogP contribution in [0.2, 0.25) is 0 Å². The molecule has 3 aromatic rings. The van der Waals surface area contributed by atoms with Crippen molar-refractivity contribution in [2.24, 2.45) is 0 Å². The van der Waals surface area contributed by atoms with Crippen molar-refractivity contribution < 1.29 is 23.8 Å². The number of nitrogens with zero attached hydrogens (tertiary/aromatic N) is 2. The molecule has 0 bridgehead atoms. The number of benzene rings is 2. The van der Waals surface area contributed by atoms with Crippen LogP contribution in [0.15, 0.2) is 42.5 Å². The molecule has 2 heterocycles. The van der Waals surface area contributed by atoms with Crippen molar-refractivity contribution in [1.82, 2.24) is 4.98 Å². The van der Waals surface area contributed by atoms with Gasteiger partial charge in [-0.25, -0.2) is 9.78 Å². The molecule has 1 amide bonds. The van der Waals surface area contributed by atoms with Crippen molar-refractivity contribution in [2.45, 2.75) is 18.9 Å². The Morgan fingerprint density at radius 3 is 2.60 bits per heavy atom. The second kappa shape index (κ2) is 8.81. The highest BCUT2D eigenvalue weighted by atomic mass is 32.1. The number of hydrogen-bond acceptors (Lipinski definition) is 7. The molecule has 1 aliphatic rings. The average Bonchev–Trinajstić information content (AvgIpc) is 3.45. The smallest absolute Gasteiger partial charge is 0.337 e. The van der Waals surface area contributed by atoms with E-state index in [0.717, 1.165) is 28.8 Å². The van der Waals surface area contributed by atoms with E-state index in [2.05, 4.69) is 4.98 Å². The molecule has 0 radical (unpaired) electrons. The summed E-state index contributed by atoms with van der Waals surface area (Å²) >= 11 is 1.45. The van der Waals surface area contributed by atoms with Gasteiger partial charge in [-0.2, -0.15) is 0 Å². The van der Waals surface area contributed by atoms with Gasteiger partial charge in [0.15, 0.2) is 5.13 Å². The Balaban J connectivity index is 1.67. The van der Waals surface area contributed by atoms with E-state index in [4.69, 9.17) is 14.2 Å². The van der Waals surface area contributed by atoms with Gasteiger partial charge in [-0.1, -0.05) is 11.3 Å². The molecule has 1 unspecified atom stereocenters. The van der Waals surface area contributed by atoms with Crippen LogP contribution >= 0.6 is 11.3 Å². The molecular weight excluding hydrogens is 404 g/mol. The summed E-state index contributed by atoms with van der Waals surface area (Å²) in [6.07, 6.45) is 1.87. The van der Waals surface area contributed by atoms with Gasteiger partial charge in [0.1, 0.15) is 5.75 Å². The van der Waals surface area contributed by atoms with Crippen molar-refractivity contribution in [2.75, 3.05) is 32.3 Å². The number of anilines is 1. The quantitative estimate of drug-likeness (QED) is 0.556. The normalized spacial score (nSPS) is 15.9. The molecule has 1 saturated heterocycles. The minimum atomic E-state index is -0.440. The lowest BCUT2D eigenvalue weighted by Gasteiger charge is -2.23. The number of carbonyl (C=O) groups excluding carboxylic acids is 2. The van der Waals surface area contributed by atoms with Gasteiger partial charge < -0.3 is 14.2 Å². The van der Waals surface area contributed by atoms with E-state index in [0.29, 0.717) is 29.4 Å². The minimum absolute atomic E-state index is 0.0233. The van der Waals surface area contributed by atoms with Crippen LogP contribution in [-0.2, 0) is 9.47 Å². The van der Waals surface area contributed by atoms with E-state index in [1.807, 2.05) is 18.2 Å². The molecule has 8 heteroatoms. The van der Waals surface area contributed by atoms with E-state index in [-0.39, 0.29) is 12.0 Å². The van der Waals surface area contributed by atoms with E-state index in [9.17, 15) is 9.59 Å². The van der Waals surface area contributed by atoms with Crippen LogP contribution < -0.4 is 9.64 Å². The first kappa shape index (κ1) is 20.3. The van der Waals surface area contributed by atoms with Crippen molar-refractivity contribution in [3.05, 3.63) is 53.6 Å². The topological polar surface area (TPSA) is 78.0 Å². The zero-order valence-corrected chi connectivity index (χ0v) is 17.6. The molecule has 2 aromatic carbocycles. The van der Waals surface area contributed by atoms with Gasteiger partial charge in [0, 0.05) is 18.2 Å². The fourth-order valence-corrected chi connectivity index (χ4v) is 4.35. The Hall–Kier alpha value is -2.97. The Labute approximate surface area is 178 Å². The Morgan fingerprint density at radius 1 is 1.17 bits per heavy atom. The molecule has 156 valence electrons. The SMILES string of the molecule is COC(=O)c1ccc(C(=O)N(CC2CCCO2)c2nc3cc(OC)ccc3s2)cc1. The molecule has 1 fully saturated rings. The molecule has 1 aromatic heterocycles. The molecule has 0 aliphatic carbocycles. The van der Waals surface area contributed by atoms with Gasteiger partial charge in [-0.3, -0.25) is 9.69 Å². The Morgan fingerprint density at radius 2 is 1.93 bits per heavy atom. The van der Waals surface area contributed by atoms with Crippen LogP contribution in [0.1, 0.15) is 33.6 Å². The number of hydrogen-bond donors (Lipinski definition) is 0. The first-order chi connectivity index (χ1) is 14.6. The maximum Gasteiger partial charge on any atom is 0.337 e. The van der Waals surface area contributed by atoms with Crippen molar-refractivity contribution in [1.29, 1.82) is 0 Å². The van der Waals surface area contributed by atoms with Gasteiger partial charge in [0.25, 0.3) is 5.91 Å². The summed E-state index contributed by atoms with van der Waals surface area (Å²) in [5.74, 6) is 0.0908. The number of carbonyl (C=O) groups is 2. The lowest BCUT2D eigenvalue weighted by molar-refractivity contribution is 0.0600. The predicted octanol–water partition coefficient (Wildman–Crippen LogP) is 3.92. The number of fused-ring (bicyclic) bond motifs is 1. The molecule has 1 aliphatic heterocycles. The summed E-state index contributed by atoms with van der Waals surface area (Å²) < 4.78 is 16.7. The molecule has 7 nitrogen and oxygen atoms in total. The summed E-state index contributed by atoms with van der Waals surface area (Å²) in [7, 11) is 2.94. The lowest BCUT2D eigenvalue weighted by atomic mass is 10.1. The monoisotopic (exact) mass is 426 g/mol. The number of ether oxygens (including phenoxy) is 3. The van der Waals surface area contributed by atoms with Gasteiger partial charge in [0.2, 0.25) is 0 Å². The second-order valence-corrected chi connectivity index (χ2v) is 7.96. The third kappa shape index (κ3) is 4.15. The highest BCUT2D eigenvalue weighted by molar-refractivity contribution is 7.22. The minimum Gasteiger partial charge on any atom is -0.497 e. The second-order valence-electron chi connectivity index (χ2n) is 6.95. The molecule has 0 N–H and O–H groups in total. The number of esters is 1. The predicted molar refractivity (Wildman–Crippen MR) is 115 cm³/mol. The number of thiazole rings is 1. The van der Waals surface area contributed by atoms with Gasteiger partial charge in [0.05, 0.1) is 42.6 Å². The standard InChI is InChI=1S/C22H22N2O5S/c1-27-16-9-10-19-18(12-16)23-22(30-19)24(13-17-4-3-11-29-17)20(25)14-5-7-15(8-6-14)21(26)28-2/h5-10,12,17H,3-4,11,13H2,1-2H3. The fourth-order valence-electron chi connectivity index (χ4n) is 3.40. The maximum absolute atomic E-state index is 13.4. The van der Waals surface area contributed by atoms with Crippen LogP contribution in [0, 0.1) is 0 Å². The Kier molecular flexibility index (Phi) is 5.96. The Bertz CT molecular complexity index is 1060. The van der Waals surface area contributed by atoms with E-state index in [1.54, 1.807) is 36.3 Å². The largest absolute Gasteiger partial charge is 0.497 e. The van der Waals surface area contributed by atoms with Crippen LogP contribution in [0.5, 0.6) is 5.75 Å². The van der Waals surface area contributed by atoms with Crippen LogP contribution in [-0.4, -0.2) is 50.3 Å². The van der Waals surface area contributed by atoms with Crippen LogP contribution in [0.25, 0.3) is 10.2 Å². The van der Waals surface area contributed by atoms with Gasteiger partial charge in [-0.05, 0) is 49.2 Å². The third-order valence-corrected chi connectivity index (χ3v) is 6.08. The van der Waals surface area contributed by atoms with Gasteiger partial charge >= 0.3 is 5.97 Å². The fraction of sp³-hybridized carbons (Fsp3) is 0.318. The summed E-state index contributed by atoms with van der Waals surface area (Å²) in [4.78, 5) is 31.4. The number of methoxy groups -OCH3 is 2. The maximum atomic E-state index is 13.4. The highest BCUT2D eigenvalue weighted by Crippen LogP contribution is 2.32. The van der Waals surface area contributed by atoms with Crippen molar-refractivity contribution in [3.63, 3.8) is 0 Å². The first-order valence-electron chi connectivity index (χ1n) is 9.65. The lowest BCUT2D eigenvalue weighted by Crippen LogP contribution is -2.37. The van der Waals surface area contributed by atoms with Crippen LogP contribution in [0.4, 0.5) is 5.13 Å². The van der Waals surface area contributed by atoms with E-state index >= 15 is 0 Å². The summed E-state index contributed by atoms with van der Waals surface area (Å²) in [6.45, 7) is 1.13. The summed E-state index contributed by atoms with van der Waals surface area (Å²) in [6, 6.07) is 12.1. The molecular formula is C22H22N2O5S. The number of amides is 1. The summed E-state index contributed by atoms with van der Waals surface area (Å²) in [5.41, 5.74) is 1.64.